The lowest BCUT2D eigenvalue weighted by Gasteiger charge is -2.16. The van der Waals surface area contributed by atoms with E-state index < -0.39 is 5.97 Å². The lowest BCUT2D eigenvalue weighted by molar-refractivity contribution is -0.137. The molecule has 0 saturated heterocycles. The minimum Gasteiger partial charge on any atom is -0.493 e. The van der Waals surface area contributed by atoms with Crippen molar-refractivity contribution in [1.82, 2.24) is 0 Å². The number of carboxylic acid groups (broad SMARTS) is 1. The van der Waals surface area contributed by atoms with Crippen molar-refractivity contribution in [2.75, 3.05) is 6.61 Å². The number of carbonyl (C=O) groups is 2. The van der Waals surface area contributed by atoms with E-state index in [-0.39, 0.29) is 18.6 Å². The van der Waals surface area contributed by atoms with E-state index >= 15 is 0 Å². The van der Waals surface area contributed by atoms with Gasteiger partial charge >= 0.3 is 5.97 Å². The average molecular weight is 299 g/mol. The Hall–Kier alpha value is -1.55. The van der Waals surface area contributed by atoms with E-state index in [4.69, 9.17) is 21.4 Å². The number of hydrogen-bond donors (Lipinski definition) is 1. The molecule has 0 aliphatic heterocycles. The van der Waals surface area contributed by atoms with E-state index in [1.54, 1.807) is 13.0 Å². The third-order valence-electron chi connectivity index (χ3n) is 3.02. The largest absolute Gasteiger partial charge is 0.493 e. The molecule has 0 aliphatic carbocycles. The molecule has 0 fully saturated rings. The van der Waals surface area contributed by atoms with Gasteiger partial charge in [-0.25, -0.2) is 0 Å². The Morgan fingerprint density at radius 1 is 1.30 bits per heavy atom. The summed E-state index contributed by atoms with van der Waals surface area (Å²) in [6.07, 6.45) is 0.464. The number of rotatable bonds is 7. The van der Waals surface area contributed by atoms with Crippen LogP contribution in [-0.2, 0) is 4.79 Å². The summed E-state index contributed by atoms with van der Waals surface area (Å²) < 4.78 is 5.56. The van der Waals surface area contributed by atoms with Crippen LogP contribution in [0.1, 0.15) is 47.7 Å². The summed E-state index contributed by atoms with van der Waals surface area (Å²) in [4.78, 5) is 22.8. The third kappa shape index (κ3) is 3.97. The zero-order chi connectivity index (χ0) is 15.3. The molecule has 20 heavy (non-hydrogen) atoms. The summed E-state index contributed by atoms with van der Waals surface area (Å²) in [6, 6.07) is 1.77. The number of carbonyl (C=O) groups excluding carboxylic acids is 1. The van der Waals surface area contributed by atoms with Gasteiger partial charge in [0, 0.05) is 17.9 Å². The maximum atomic E-state index is 12.3. The van der Waals surface area contributed by atoms with Crippen molar-refractivity contribution < 1.29 is 19.4 Å². The second-order valence-electron chi connectivity index (χ2n) is 4.61. The molecule has 0 amide bonds. The predicted octanol–water partition coefficient (Wildman–Crippen LogP) is 3.79. The lowest BCUT2D eigenvalue weighted by atomic mass is 9.97. The highest BCUT2D eigenvalue weighted by atomic mass is 35.5. The maximum absolute atomic E-state index is 12.3. The third-order valence-corrected chi connectivity index (χ3v) is 3.42. The van der Waals surface area contributed by atoms with Crippen LogP contribution in [0.2, 0.25) is 5.02 Å². The molecule has 0 aliphatic rings. The number of halogens is 1. The number of Topliss-reactive ketones (excluding diaryl/α,β-unsaturated/α-hetero) is 1. The fourth-order valence-electron chi connectivity index (χ4n) is 2.04. The highest BCUT2D eigenvalue weighted by molar-refractivity contribution is 6.32. The first-order valence-electron chi connectivity index (χ1n) is 6.56. The van der Waals surface area contributed by atoms with Crippen molar-refractivity contribution in [1.29, 1.82) is 0 Å². The molecule has 1 aromatic rings. The Morgan fingerprint density at radius 3 is 2.50 bits per heavy atom. The van der Waals surface area contributed by atoms with Crippen LogP contribution in [-0.4, -0.2) is 23.5 Å². The van der Waals surface area contributed by atoms with Crippen LogP contribution in [0.25, 0.3) is 0 Å². The second kappa shape index (κ2) is 7.29. The van der Waals surface area contributed by atoms with Crippen LogP contribution in [0, 0.1) is 13.8 Å². The molecule has 0 aromatic heterocycles. The van der Waals surface area contributed by atoms with E-state index in [1.807, 2.05) is 13.8 Å². The molecule has 4 nitrogen and oxygen atoms in total. The minimum atomic E-state index is -0.901. The predicted molar refractivity (Wildman–Crippen MR) is 77.9 cm³/mol. The van der Waals surface area contributed by atoms with Crippen molar-refractivity contribution in [2.45, 2.75) is 40.0 Å². The smallest absolute Gasteiger partial charge is 0.303 e. The zero-order valence-electron chi connectivity index (χ0n) is 12.0. The molecular weight excluding hydrogens is 280 g/mol. The number of aryl methyl sites for hydroxylation is 1. The number of ketones is 1. The Bertz CT molecular complexity index is 523. The van der Waals surface area contributed by atoms with Gasteiger partial charge in [-0.15, -0.1) is 0 Å². The van der Waals surface area contributed by atoms with Gasteiger partial charge in [0.25, 0.3) is 0 Å². The first-order chi connectivity index (χ1) is 9.38. The topological polar surface area (TPSA) is 63.6 Å². The van der Waals surface area contributed by atoms with E-state index in [9.17, 15) is 9.59 Å². The summed E-state index contributed by atoms with van der Waals surface area (Å²) in [6.45, 7) is 5.92. The zero-order valence-corrected chi connectivity index (χ0v) is 12.7. The van der Waals surface area contributed by atoms with Crippen LogP contribution < -0.4 is 4.74 Å². The van der Waals surface area contributed by atoms with Crippen molar-refractivity contribution in [3.05, 3.63) is 27.8 Å². The van der Waals surface area contributed by atoms with Crippen LogP contribution >= 0.6 is 11.6 Å². The first-order valence-corrected chi connectivity index (χ1v) is 6.93. The molecule has 0 heterocycles. The Balaban J connectivity index is 3.07. The lowest BCUT2D eigenvalue weighted by Crippen LogP contribution is -2.09. The van der Waals surface area contributed by atoms with E-state index in [0.717, 1.165) is 5.56 Å². The van der Waals surface area contributed by atoms with Gasteiger partial charge in [0.1, 0.15) is 5.75 Å². The van der Waals surface area contributed by atoms with E-state index in [1.165, 1.54) is 0 Å². The van der Waals surface area contributed by atoms with Crippen molar-refractivity contribution in [3.8, 4) is 5.75 Å². The normalized spacial score (nSPS) is 10.4. The quantitative estimate of drug-likeness (QED) is 0.778. The van der Waals surface area contributed by atoms with Crippen LogP contribution in [0.3, 0.4) is 0 Å². The molecule has 0 saturated carbocycles. The van der Waals surface area contributed by atoms with Gasteiger partial charge in [-0.3, -0.25) is 9.59 Å². The SMILES string of the molecule is CCOc1c(C)cc(Cl)c(C)c1C(=O)CCCC(=O)O. The molecule has 1 rings (SSSR count). The number of aliphatic carboxylic acids is 1. The van der Waals surface area contributed by atoms with Gasteiger partial charge in [0.2, 0.25) is 0 Å². The van der Waals surface area contributed by atoms with Crippen LogP contribution in [0.15, 0.2) is 6.07 Å². The summed E-state index contributed by atoms with van der Waals surface area (Å²) in [5.41, 5.74) is 1.97. The monoisotopic (exact) mass is 298 g/mol. The van der Waals surface area contributed by atoms with Gasteiger partial charge in [0.05, 0.1) is 12.2 Å². The van der Waals surface area contributed by atoms with Crippen LogP contribution in [0.4, 0.5) is 0 Å². The Kier molecular flexibility index (Phi) is 6.02. The summed E-state index contributed by atoms with van der Waals surface area (Å²) in [5.74, 6) is -0.477. The molecule has 1 N–H and O–H groups in total. The molecule has 1 aromatic carbocycles. The van der Waals surface area contributed by atoms with Gasteiger partial charge in [-0.05, 0) is 44.4 Å². The minimum absolute atomic E-state index is 0.0195. The second-order valence-corrected chi connectivity index (χ2v) is 5.02. The fraction of sp³-hybridized carbons (Fsp3) is 0.467. The number of benzene rings is 1. The summed E-state index contributed by atoms with van der Waals surface area (Å²) in [7, 11) is 0. The van der Waals surface area contributed by atoms with Crippen molar-refractivity contribution in [2.24, 2.45) is 0 Å². The maximum Gasteiger partial charge on any atom is 0.303 e. The fourth-order valence-corrected chi connectivity index (χ4v) is 2.30. The molecule has 0 bridgehead atoms. The van der Waals surface area contributed by atoms with Gasteiger partial charge in [-0.1, -0.05) is 11.6 Å². The first kappa shape index (κ1) is 16.5. The van der Waals surface area contributed by atoms with Crippen molar-refractivity contribution in [3.63, 3.8) is 0 Å². The van der Waals surface area contributed by atoms with Crippen molar-refractivity contribution >= 4 is 23.4 Å². The summed E-state index contributed by atoms with van der Waals surface area (Å²) in [5, 5.41) is 9.14. The molecule has 5 heteroatoms. The molecule has 0 spiro atoms. The highest BCUT2D eigenvalue weighted by Crippen LogP contribution is 2.33. The van der Waals surface area contributed by atoms with Gasteiger partial charge in [0.15, 0.2) is 5.78 Å². The van der Waals surface area contributed by atoms with Gasteiger partial charge in [-0.2, -0.15) is 0 Å². The Labute approximate surface area is 123 Å². The van der Waals surface area contributed by atoms with Crippen LogP contribution in [0.5, 0.6) is 5.75 Å². The molecule has 0 unspecified atom stereocenters. The average Bonchev–Trinajstić information content (AvgIpc) is 2.35. The highest BCUT2D eigenvalue weighted by Gasteiger charge is 2.20. The number of carboxylic acids is 1. The molecule has 0 radical (unpaired) electrons. The summed E-state index contributed by atoms with van der Waals surface area (Å²) >= 11 is 6.12. The van der Waals surface area contributed by atoms with E-state index in [0.29, 0.717) is 34.9 Å². The Morgan fingerprint density at radius 2 is 1.95 bits per heavy atom. The molecular formula is C15H19ClO4. The van der Waals surface area contributed by atoms with Gasteiger partial charge < -0.3 is 9.84 Å². The number of ether oxygens (including phenoxy) is 1. The molecule has 0 atom stereocenters. The molecule has 110 valence electrons. The standard InChI is InChI=1S/C15H19ClO4/c1-4-20-15-9(2)8-11(16)10(3)14(15)12(17)6-5-7-13(18)19/h8H,4-7H2,1-3H3,(H,18,19). The van der Waals surface area contributed by atoms with E-state index in [2.05, 4.69) is 0 Å². The number of hydrogen-bond acceptors (Lipinski definition) is 3.